The van der Waals surface area contributed by atoms with Crippen molar-refractivity contribution in [1.29, 1.82) is 0 Å². The van der Waals surface area contributed by atoms with E-state index >= 15 is 0 Å². The molecule has 0 radical (unpaired) electrons. The number of amides is 1. The molecule has 0 aliphatic carbocycles. The van der Waals surface area contributed by atoms with Crippen LogP contribution in [-0.2, 0) is 12.6 Å². The molecule has 0 atom stereocenters. The van der Waals surface area contributed by atoms with E-state index in [9.17, 15) is 18.0 Å². The van der Waals surface area contributed by atoms with Crippen molar-refractivity contribution >= 4 is 22.9 Å². The van der Waals surface area contributed by atoms with Gasteiger partial charge in [-0.2, -0.15) is 13.2 Å². The number of alkyl halides is 3. The zero-order chi connectivity index (χ0) is 22.0. The highest BCUT2D eigenvalue weighted by Crippen LogP contribution is 2.29. The third-order valence-corrected chi connectivity index (χ3v) is 5.65. The van der Waals surface area contributed by atoms with Crippen molar-refractivity contribution in [2.45, 2.75) is 19.0 Å². The molecule has 1 fully saturated rings. The standard InChI is InChI=1S/C22H24F3N5O/c23-22(24,25)16-7-5-15(6-8-16)9-12-29-10-2-11-30(14-13-29)21-27-18-4-1-3-17(20(26)31)19(18)28-21/h1,3-8H,2,9-14H2,(H2,26,31)(H,27,28). The van der Waals surface area contributed by atoms with Crippen molar-refractivity contribution < 1.29 is 18.0 Å². The SMILES string of the molecule is NC(=O)c1cccc2[nH]c(N3CCCN(CCc4ccc(C(F)(F)F)cc4)CC3)nc12. The van der Waals surface area contributed by atoms with Gasteiger partial charge in [0.2, 0.25) is 5.95 Å². The maximum Gasteiger partial charge on any atom is 0.416 e. The van der Waals surface area contributed by atoms with Gasteiger partial charge < -0.3 is 20.5 Å². The molecule has 6 nitrogen and oxygen atoms in total. The van der Waals surface area contributed by atoms with E-state index in [2.05, 4.69) is 19.8 Å². The van der Waals surface area contributed by atoms with Crippen LogP contribution in [0, 0.1) is 0 Å². The number of nitrogens with zero attached hydrogens (tertiary/aromatic N) is 3. The zero-order valence-electron chi connectivity index (χ0n) is 17.0. The first-order chi connectivity index (χ1) is 14.8. The lowest BCUT2D eigenvalue weighted by atomic mass is 10.1. The molecule has 1 amide bonds. The lowest BCUT2D eigenvalue weighted by Crippen LogP contribution is -2.32. The van der Waals surface area contributed by atoms with Crippen LogP contribution in [-0.4, -0.2) is 53.5 Å². The summed E-state index contributed by atoms with van der Waals surface area (Å²) in [7, 11) is 0. The second kappa shape index (κ2) is 8.58. The molecule has 3 N–H and O–H groups in total. The smallest absolute Gasteiger partial charge is 0.366 e. The Morgan fingerprint density at radius 1 is 1.06 bits per heavy atom. The summed E-state index contributed by atoms with van der Waals surface area (Å²) in [4.78, 5) is 24.0. The second-order valence-corrected chi connectivity index (χ2v) is 7.75. The number of carbonyl (C=O) groups excluding carboxylic acids is 1. The maximum atomic E-state index is 12.7. The highest BCUT2D eigenvalue weighted by molar-refractivity contribution is 6.04. The Balaban J connectivity index is 1.37. The van der Waals surface area contributed by atoms with E-state index in [1.165, 1.54) is 0 Å². The monoisotopic (exact) mass is 431 g/mol. The molecule has 1 saturated heterocycles. The molecule has 0 saturated carbocycles. The molecular weight excluding hydrogens is 407 g/mol. The van der Waals surface area contributed by atoms with Crippen LogP contribution < -0.4 is 10.6 Å². The van der Waals surface area contributed by atoms with Gasteiger partial charge in [0.05, 0.1) is 16.6 Å². The minimum absolute atomic E-state index is 0.396. The van der Waals surface area contributed by atoms with Crippen molar-refractivity contribution in [1.82, 2.24) is 14.9 Å². The van der Waals surface area contributed by atoms with Crippen LogP contribution in [0.25, 0.3) is 11.0 Å². The van der Waals surface area contributed by atoms with Crippen LogP contribution in [0.5, 0.6) is 0 Å². The lowest BCUT2D eigenvalue weighted by Gasteiger charge is -2.21. The van der Waals surface area contributed by atoms with E-state index in [4.69, 9.17) is 5.73 Å². The van der Waals surface area contributed by atoms with E-state index in [-0.39, 0.29) is 0 Å². The molecular formula is C22H24F3N5O. The number of aromatic nitrogens is 2. The van der Waals surface area contributed by atoms with Gasteiger partial charge in [-0.15, -0.1) is 0 Å². The first kappa shape index (κ1) is 21.2. The van der Waals surface area contributed by atoms with Crippen molar-refractivity contribution in [3.8, 4) is 0 Å². The first-order valence-corrected chi connectivity index (χ1v) is 10.2. The molecule has 2 heterocycles. The molecule has 0 unspecified atom stereocenters. The second-order valence-electron chi connectivity index (χ2n) is 7.75. The predicted molar refractivity (Wildman–Crippen MR) is 113 cm³/mol. The molecule has 3 aromatic rings. The zero-order valence-corrected chi connectivity index (χ0v) is 17.0. The van der Waals surface area contributed by atoms with Crippen LogP contribution in [0.2, 0.25) is 0 Å². The summed E-state index contributed by atoms with van der Waals surface area (Å²) in [6.07, 6.45) is -2.67. The van der Waals surface area contributed by atoms with Crippen LogP contribution in [0.4, 0.5) is 19.1 Å². The molecule has 164 valence electrons. The number of nitrogens with one attached hydrogen (secondary N) is 1. The van der Waals surface area contributed by atoms with Gasteiger partial charge in [0.25, 0.3) is 5.91 Å². The number of hydrogen-bond donors (Lipinski definition) is 2. The fourth-order valence-corrected chi connectivity index (χ4v) is 3.92. The highest BCUT2D eigenvalue weighted by atomic mass is 19.4. The Labute approximate surface area is 177 Å². The van der Waals surface area contributed by atoms with Gasteiger partial charge >= 0.3 is 6.18 Å². The molecule has 9 heteroatoms. The molecule has 4 rings (SSSR count). The number of para-hydroxylation sites is 1. The number of anilines is 1. The normalized spacial score (nSPS) is 15.9. The van der Waals surface area contributed by atoms with Crippen LogP contribution in [0.3, 0.4) is 0 Å². The number of fused-ring (bicyclic) bond motifs is 1. The van der Waals surface area contributed by atoms with Gasteiger partial charge in [-0.1, -0.05) is 18.2 Å². The fourth-order valence-electron chi connectivity index (χ4n) is 3.92. The van der Waals surface area contributed by atoms with Gasteiger partial charge in [-0.25, -0.2) is 4.98 Å². The summed E-state index contributed by atoms with van der Waals surface area (Å²) in [5.41, 5.74) is 7.47. The first-order valence-electron chi connectivity index (χ1n) is 10.2. The number of nitrogens with two attached hydrogens (primary N) is 1. The van der Waals surface area contributed by atoms with Crippen molar-refractivity contribution in [2.75, 3.05) is 37.6 Å². The number of hydrogen-bond acceptors (Lipinski definition) is 4. The van der Waals surface area contributed by atoms with E-state index in [0.717, 1.165) is 62.4 Å². The Bertz CT molecular complexity index is 1060. The average Bonchev–Trinajstić information content (AvgIpc) is 3.03. The number of halogens is 3. The number of rotatable bonds is 5. The molecule has 0 spiro atoms. The summed E-state index contributed by atoms with van der Waals surface area (Å²) < 4.78 is 38.1. The van der Waals surface area contributed by atoms with Crippen LogP contribution in [0.15, 0.2) is 42.5 Å². The molecule has 1 aromatic heterocycles. The topological polar surface area (TPSA) is 78.2 Å². The summed E-state index contributed by atoms with van der Waals surface area (Å²) in [6.45, 7) is 4.09. The number of primary amides is 1. The lowest BCUT2D eigenvalue weighted by molar-refractivity contribution is -0.137. The molecule has 1 aliphatic heterocycles. The van der Waals surface area contributed by atoms with Gasteiger partial charge in [0.1, 0.15) is 5.52 Å². The van der Waals surface area contributed by atoms with Gasteiger partial charge in [0.15, 0.2) is 0 Å². The highest BCUT2D eigenvalue weighted by Gasteiger charge is 2.30. The average molecular weight is 431 g/mol. The van der Waals surface area contributed by atoms with Crippen LogP contribution in [0.1, 0.15) is 27.9 Å². The minimum Gasteiger partial charge on any atom is -0.366 e. The number of aromatic amines is 1. The van der Waals surface area contributed by atoms with Crippen molar-refractivity contribution in [2.24, 2.45) is 5.73 Å². The van der Waals surface area contributed by atoms with E-state index < -0.39 is 17.6 Å². The molecule has 0 bridgehead atoms. The van der Waals surface area contributed by atoms with E-state index in [1.807, 2.05) is 6.07 Å². The molecule has 31 heavy (non-hydrogen) atoms. The predicted octanol–water partition coefficient (Wildman–Crippen LogP) is 3.44. The Morgan fingerprint density at radius 3 is 2.55 bits per heavy atom. The van der Waals surface area contributed by atoms with Crippen LogP contribution >= 0.6 is 0 Å². The van der Waals surface area contributed by atoms with Gasteiger partial charge in [-0.3, -0.25) is 4.79 Å². The van der Waals surface area contributed by atoms with Crippen molar-refractivity contribution in [3.63, 3.8) is 0 Å². The minimum atomic E-state index is -4.30. The summed E-state index contributed by atoms with van der Waals surface area (Å²) in [5, 5.41) is 0. The largest absolute Gasteiger partial charge is 0.416 e. The Morgan fingerprint density at radius 2 is 1.84 bits per heavy atom. The fraction of sp³-hybridized carbons (Fsp3) is 0.364. The Kier molecular flexibility index (Phi) is 5.86. The van der Waals surface area contributed by atoms with E-state index in [0.29, 0.717) is 23.4 Å². The molecule has 1 aliphatic rings. The summed E-state index contributed by atoms with van der Waals surface area (Å²) in [6, 6.07) is 10.7. The molecule has 2 aromatic carbocycles. The number of imidazole rings is 1. The third kappa shape index (κ3) is 4.82. The van der Waals surface area contributed by atoms with Crippen molar-refractivity contribution in [3.05, 3.63) is 59.2 Å². The summed E-state index contributed by atoms with van der Waals surface area (Å²) >= 11 is 0. The number of H-pyrrole nitrogens is 1. The van der Waals surface area contributed by atoms with Gasteiger partial charge in [0, 0.05) is 26.2 Å². The third-order valence-electron chi connectivity index (χ3n) is 5.65. The van der Waals surface area contributed by atoms with E-state index in [1.54, 1.807) is 24.3 Å². The number of benzene rings is 2. The summed E-state index contributed by atoms with van der Waals surface area (Å²) in [5.74, 6) is 0.210. The number of carbonyl (C=O) groups is 1. The Hall–Kier alpha value is -3.07. The van der Waals surface area contributed by atoms with Gasteiger partial charge in [-0.05, 0) is 49.2 Å². The quantitative estimate of drug-likeness (QED) is 0.649. The maximum absolute atomic E-state index is 12.7.